The highest BCUT2D eigenvalue weighted by molar-refractivity contribution is 5.32. The number of aliphatic hydroxyl groups is 1. The van der Waals surface area contributed by atoms with Crippen molar-refractivity contribution in [3.05, 3.63) is 29.8 Å². The molecule has 108 valence electrons. The number of rotatable bonds is 6. The van der Waals surface area contributed by atoms with Crippen molar-refractivity contribution in [2.75, 3.05) is 20.3 Å². The third-order valence-electron chi connectivity index (χ3n) is 3.14. The average molecular weight is 277 g/mol. The van der Waals surface area contributed by atoms with Crippen LogP contribution in [-0.2, 0) is 5.54 Å². The molecule has 1 rings (SSSR count). The maximum atomic E-state index is 12.3. The molecule has 0 saturated heterocycles. The first-order valence-corrected chi connectivity index (χ1v) is 5.94. The summed E-state index contributed by atoms with van der Waals surface area (Å²) in [5.74, 6) is 0.613. The summed E-state index contributed by atoms with van der Waals surface area (Å²) in [6.45, 7) is 0.170. The van der Waals surface area contributed by atoms with Gasteiger partial charge in [0.2, 0.25) is 0 Å². The number of alkyl halides is 3. The van der Waals surface area contributed by atoms with Crippen molar-refractivity contribution >= 4 is 0 Å². The molecule has 0 bridgehead atoms. The number of hydrogen-bond donors (Lipinski definition) is 2. The molecule has 1 unspecified atom stereocenters. The number of nitrogens with one attached hydrogen (secondary N) is 1. The molecule has 0 spiro atoms. The van der Waals surface area contributed by atoms with Gasteiger partial charge in [-0.3, -0.25) is 5.32 Å². The molecular weight excluding hydrogens is 259 g/mol. The van der Waals surface area contributed by atoms with Gasteiger partial charge < -0.3 is 9.84 Å². The third kappa shape index (κ3) is 4.11. The molecule has 0 radical (unpaired) electrons. The van der Waals surface area contributed by atoms with Crippen LogP contribution in [0.3, 0.4) is 0 Å². The van der Waals surface area contributed by atoms with Crippen LogP contribution in [0, 0.1) is 0 Å². The zero-order valence-corrected chi connectivity index (χ0v) is 10.9. The number of aliphatic hydroxyl groups excluding tert-OH is 1. The summed E-state index contributed by atoms with van der Waals surface area (Å²) >= 11 is 0. The first-order valence-electron chi connectivity index (χ1n) is 5.94. The summed E-state index contributed by atoms with van der Waals surface area (Å²) in [6, 6.07) is 6.62. The van der Waals surface area contributed by atoms with Gasteiger partial charge in [0.25, 0.3) is 0 Å². The maximum Gasteiger partial charge on any atom is 0.401 e. The summed E-state index contributed by atoms with van der Waals surface area (Å²) in [5, 5.41) is 11.9. The third-order valence-corrected chi connectivity index (χ3v) is 3.14. The quantitative estimate of drug-likeness (QED) is 0.839. The van der Waals surface area contributed by atoms with E-state index in [4.69, 9.17) is 4.74 Å². The highest BCUT2D eigenvalue weighted by atomic mass is 19.4. The van der Waals surface area contributed by atoms with Gasteiger partial charge in [-0.15, -0.1) is 0 Å². The minimum absolute atomic E-state index is 0.339. The summed E-state index contributed by atoms with van der Waals surface area (Å²) < 4.78 is 42.0. The van der Waals surface area contributed by atoms with Crippen LogP contribution in [-0.4, -0.2) is 31.5 Å². The average Bonchev–Trinajstić information content (AvgIpc) is 2.40. The van der Waals surface area contributed by atoms with Crippen LogP contribution in [0.15, 0.2) is 24.3 Å². The molecular formula is C13H18F3NO2. The van der Waals surface area contributed by atoms with Crippen molar-refractivity contribution in [3.63, 3.8) is 0 Å². The molecule has 1 aromatic carbocycles. The standard InChI is InChI=1S/C13H18F3NO2/c1-3-12(9-18,17-8-13(14,15)16)10-4-6-11(19-2)7-5-10/h4-7,17-18H,3,8-9H2,1-2H3. The molecule has 0 aliphatic carbocycles. The van der Waals surface area contributed by atoms with Crippen molar-refractivity contribution in [2.45, 2.75) is 25.1 Å². The molecule has 0 aliphatic heterocycles. The number of ether oxygens (including phenoxy) is 1. The predicted octanol–water partition coefficient (Wildman–Crippen LogP) is 2.44. The Balaban J connectivity index is 2.96. The van der Waals surface area contributed by atoms with Crippen LogP contribution < -0.4 is 10.1 Å². The molecule has 0 saturated carbocycles. The molecule has 0 amide bonds. The van der Waals surface area contributed by atoms with E-state index in [-0.39, 0.29) is 0 Å². The SMILES string of the molecule is CCC(CO)(NCC(F)(F)F)c1ccc(OC)cc1. The fourth-order valence-electron chi connectivity index (χ4n) is 1.87. The molecule has 2 N–H and O–H groups in total. The van der Waals surface area contributed by atoms with Gasteiger partial charge in [-0.2, -0.15) is 13.2 Å². The first kappa shape index (κ1) is 15.8. The highest BCUT2D eigenvalue weighted by Crippen LogP contribution is 2.28. The van der Waals surface area contributed by atoms with Crippen LogP contribution in [0.25, 0.3) is 0 Å². The van der Waals surface area contributed by atoms with E-state index in [9.17, 15) is 18.3 Å². The van der Waals surface area contributed by atoms with Crippen LogP contribution in [0.4, 0.5) is 13.2 Å². The maximum absolute atomic E-state index is 12.3. The second-order valence-corrected chi connectivity index (χ2v) is 4.29. The fourth-order valence-corrected chi connectivity index (χ4v) is 1.87. The Labute approximate surface area is 110 Å². The molecule has 19 heavy (non-hydrogen) atoms. The topological polar surface area (TPSA) is 41.5 Å². The van der Waals surface area contributed by atoms with E-state index in [1.807, 2.05) is 0 Å². The van der Waals surface area contributed by atoms with Crippen LogP contribution in [0.5, 0.6) is 5.75 Å². The van der Waals surface area contributed by atoms with E-state index < -0.39 is 24.9 Å². The van der Waals surface area contributed by atoms with Crippen molar-refractivity contribution in [1.29, 1.82) is 0 Å². The Bertz CT molecular complexity index is 386. The fraction of sp³-hybridized carbons (Fsp3) is 0.538. The summed E-state index contributed by atoms with van der Waals surface area (Å²) in [7, 11) is 1.51. The Morgan fingerprint density at radius 3 is 2.16 bits per heavy atom. The molecule has 1 aromatic rings. The van der Waals surface area contributed by atoms with Gasteiger partial charge in [-0.25, -0.2) is 0 Å². The lowest BCUT2D eigenvalue weighted by atomic mass is 9.88. The number of halogens is 3. The van der Waals surface area contributed by atoms with Crippen molar-refractivity contribution < 1.29 is 23.0 Å². The summed E-state index contributed by atoms with van der Waals surface area (Å²) in [5.41, 5.74) is -0.496. The summed E-state index contributed by atoms with van der Waals surface area (Å²) in [6.07, 6.45) is -3.98. The zero-order chi connectivity index (χ0) is 14.5. The van der Waals surface area contributed by atoms with Gasteiger partial charge in [0.05, 0.1) is 25.8 Å². The number of benzene rings is 1. The Kier molecular flexibility index (Phi) is 5.20. The lowest BCUT2D eigenvalue weighted by Crippen LogP contribution is -2.48. The van der Waals surface area contributed by atoms with Crippen LogP contribution in [0.2, 0.25) is 0 Å². The van der Waals surface area contributed by atoms with Gasteiger partial charge >= 0.3 is 6.18 Å². The molecule has 0 heterocycles. The normalized spacial score (nSPS) is 15.1. The smallest absolute Gasteiger partial charge is 0.401 e. The molecule has 3 nitrogen and oxygen atoms in total. The minimum atomic E-state index is -4.32. The van der Waals surface area contributed by atoms with E-state index in [2.05, 4.69) is 5.32 Å². The van der Waals surface area contributed by atoms with E-state index >= 15 is 0 Å². The summed E-state index contributed by atoms with van der Waals surface area (Å²) in [4.78, 5) is 0. The first-order chi connectivity index (χ1) is 8.87. The van der Waals surface area contributed by atoms with E-state index in [0.717, 1.165) is 0 Å². The highest BCUT2D eigenvalue weighted by Gasteiger charge is 2.35. The largest absolute Gasteiger partial charge is 0.497 e. The monoisotopic (exact) mass is 277 g/mol. The molecule has 0 aromatic heterocycles. The number of methoxy groups -OCH3 is 1. The molecule has 1 atom stereocenters. The zero-order valence-electron chi connectivity index (χ0n) is 10.9. The van der Waals surface area contributed by atoms with Crippen LogP contribution in [0.1, 0.15) is 18.9 Å². The van der Waals surface area contributed by atoms with Crippen molar-refractivity contribution in [3.8, 4) is 5.75 Å². The lowest BCUT2D eigenvalue weighted by Gasteiger charge is -2.33. The second kappa shape index (κ2) is 6.25. The second-order valence-electron chi connectivity index (χ2n) is 4.29. The molecule has 0 aliphatic rings. The van der Waals surface area contributed by atoms with Gasteiger partial charge in [0.15, 0.2) is 0 Å². The molecule has 6 heteroatoms. The Morgan fingerprint density at radius 1 is 1.21 bits per heavy atom. The van der Waals surface area contributed by atoms with E-state index in [1.54, 1.807) is 31.2 Å². The van der Waals surface area contributed by atoms with Gasteiger partial charge in [0.1, 0.15) is 5.75 Å². The predicted molar refractivity (Wildman–Crippen MR) is 66.1 cm³/mol. The van der Waals surface area contributed by atoms with Crippen LogP contribution >= 0.6 is 0 Å². The number of hydrogen-bond acceptors (Lipinski definition) is 3. The van der Waals surface area contributed by atoms with Gasteiger partial charge in [-0.05, 0) is 24.1 Å². The van der Waals surface area contributed by atoms with Crippen molar-refractivity contribution in [2.24, 2.45) is 0 Å². The molecule has 0 fully saturated rings. The van der Waals surface area contributed by atoms with Gasteiger partial charge in [0, 0.05) is 0 Å². The van der Waals surface area contributed by atoms with Crippen molar-refractivity contribution in [1.82, 2.24) is 5.32 Å². The van der Waals surface area contributed by atoms with E-state index in [1.165, 1.54) is 7.11 Å². The lowest BCUT2D eigenvalue weighted by molar-refractivity contribution is -0.130. The Morgan fingerprint density at radius 2 is 1.79 bits per heavy atom. The van der Waals surface area contributed by atoms with Gasteiger partial charge in [-0.1, -0.05) is 19.1 Å². The van der Waals surface area contributed by atoms with E-state index in [0.29, 0.717) is 17.7 Å². The Hall–Kier alpha value is -1.27. The minimum Gasteiger partial charge on any atom is -0.497 e.